The summed E-state index contributed by atoms with van der Waals surface area (Å²) in [5, 5.41) is 11.0. The van der Waals surface area contributed by atoms with Crippen molar-refractivity contribution in [3.8, 4) is 11.5 Å². The molecule has 0 spiro atoms. The average Bonchev–Trinajstić information content (AvgIpc) is 3.03. The van der Waals surface area contributed by atoms with Gasteiger partial charge in [-0.2, -0.15) is 0 Å². The molecule has 0 bridgehead atoms. The lowest BCUT2D eigenvalue weighted by Gasteiger charge is -2.03. The van der Waals surface area contributed by atoms with Gasteiger partial charge in [-0.25, -0.2) is 0 Å². The average molecular weight is 380 g/mol. The zero-order valence-corrected chi connectivity index (χ0v) is 14.7. The number of amides is 1. The van der Waals surface area contributed by atoms with Crippen LogP contribution in [0.1, 0.15) is 10.4 Å². The van der Waals surface area contributed by atoms with E-state index in [1.54, 1.807) is 17.8 Å². The van der Waals surface area contributed by atoms with Crippen molar-refractivity contribution in [2.45, 2.75) is 4.90 Å². The van der Waals surface area contributed by atoms with E-state index >= 15 is 0 Å². The Morgan fingerprint density at radius 3 is 2.75 bits per heavy atom. The number of thioether (sulfide) groups is 1. The van der Waals surface area contributed by atoms with E-state index in [0.717, 1.165) is 10.5 Å². The van der Waals surface area contributed by atoms with E-state index in [2.05, 4.69) is 15.5 Å². The van der Waals surface area contributed by atoms with E-state index in [1.807, 2.05) is 30.5 Å². The second kappa shape index (κ2) is 7.25. The fraction of sp³-hybridized carbons (Fsp3) is 0.0625. The molecule has 0 unspecified atom stereocenters. The molecule has 0 fully saturated rings. The minimum absolute atomic E-state index is 0.00410. The molecule has 3 aromatic rings. The number of anilines is 1. The van der Waals surface area contributed by atoms with Crippen LogP contribution < -0.4 is 5.32 Å². The van der Waals surface area contributed by atoms with Gasteiger partial charge in [0.05, 0.1) is 10.6 Å². The van der Waals surface area contributed by atoms with Crippen LogP contribution in [0.25, 0.3) is 11.5 Å². The normalized spacial score (nSPS) is 10.6. The fourth-order valence-corrected chi connectivity index (χ4v) is 2.94. The molecule has 0 saturated heterocycles. The van der Waals surface area contributed by atoms with E-state index in [9.17, 15) is 4.79 Å². The molecule has 5 nitrogen and oxygen atoms in total. The lowest BCUT2D eigenvalue weighted by atomic mass is 10.2. The number of rotatable bonds is 4. The van der Waals surface area contributed by atoms with Crippen molar-refractivity contribution in [3.05, 3.63) is 58.1 Å². The third kappa shape index (κ3) is 3.72. The van der Waals surface area contributed by atoms with Gasteiger partial charge in [0.2, 0.25) is 5.89 Å². The van der Waals surface area contributed by atoms with E-state index < -0.39 is 5.91 Å². The van der Waals surface area contributed by atoms with E-state index in [-0.39, 0.29) is 16.6 Å². The Labute approximate surface area is 152 Å². The summed E-state index contributed by atoms with van der Waals surface area (Å²) in [6, 6.07) is 12.3. The molecule has 0 aliphatic rings. The van der Waals surface area contributed by atoms with Crippen molar-refractivity contribution in [2.75, 3.05) is 11.6 Å². The van der Waals surface area contributed by atoms with Gasteiger partial charge >= 0.3 is 6.01 Å². The Hall–Kier alpha value is -2.02. The predicted octanol–water partition coefficient (Wildman–Crippen LogP) is 5.02. The SMILES string of the molecule is CSc1cccc(-c2nnc(NC(=O)c3ccc(Cl)cc3Cl)o2)c1. The molecule has 0 atom stereocenters. The van der Waals surface area contributed by atoms with Crippen LogP contribution in [0.15, 0.2) is 51.8 Å². The van der Waals surface area contributed by atoms with Gasteiger partial charge in [0, 0.05) is 15.5 Å². The molecule has 3 rings (SSSR count). The molecule has 1 heterocycles. The van der Waals surface area contributed by atoms with Gasteiger partial charge in [-0.1, -0.05) is 34.4 Å². The minimum atomic E-state index is -0.454. The first-order valence-electron chi connectivity index (χ1n) is 6.81. The Balaban J connectivity index is 1.79. The number of hydrogen-bond donors (Lipinski definition) is 1. The van der Waals surface area contributed by atoms with E-state index in [1.165, 1.54) is 12.1 Å². The fourth-order valence-electron chi connectivity index (χ4n) is 1.98. The quantitative estimate of drug-likeness (QED) is 0.644. The minimum Gasteiger partial charge on any atom is -0.403 e. The Morgan fingerprint density at radius 2 is 2.00 bits per heavy atom. The summed E-state index contributed by atoms with van der Waals surface area (Å²) in [6.45, 7) is 0. The van der Waals surface area contributed by atoms with Gasteiger partial charge in [0.25, 0.3) is 5.91 Å². The Morgan fingerprint density at radius 1 is 1.17 bits per heavy atom. The molecular weight excluding hydrogens is 369 g/mol. The second-order valence-electron chi connectivity index (χ2n) is 4.72. The zero-order valence-electron chi connectivity index (χ0n) is 12.4. The number of hydrogen-bond acceptors (Lipinski definition) is 5. The number of benzene rings is 2. The number of carbonyl (C=O) groups is 1. The smallest absolute Gasteiger partial charge is 0.322 e. The molecule has 8 heteroatoms. The molecular formula is C16H11Cl2N3O2S. The standard InChI is InChI=1S/C16H11Cl2N3O2S/c1-24-11-4-2-3-9(7-11)15-20-21-16(23-15)19-14(22)12-6-5-10(17)8-13(12)18/h2-8H,1H3,(H,19,21,22). The van der Waals surface area contributed by atoms with Gasteiger partial charge < -0.3 is 4.42 Å². The third-order valence-electron chi connectivity index (χ3n) is 3.14. The highest BCUT2D eigenvalue weighted by atomic mass is 35.5. The molecule has 1 N–H and O–H groups in total. The lowest BCUT2D eigenvalue weighted by molar-refractivity contribution is 0.102. The van der Waals surface area contributed by atoms with Crippen LogP contribution in [0, 0.1) is 0 Å². The highest BCUT2D eigenvalue weighted by molar-refractivity contribution is 7.98. The number of carbonyl (C=O) groups excluding carboxylic acids is 1. The van der Waals surface area contributed by atoms with Crippen molar-refractivity contribution < 1.29 is 9.21 Å². The van der Waals surface area contributed by atoms with Gasteiger partial charge in [-0.15, -0.1) is 16.9 Å². The zero-order chi connectivity index (χ0) is 17.1. The molecule has 24 heavy (non-hydrogen) atoms. The summed E-state index contributed by atoms with van der Waals surface area (Å²) in [4.78, 5) is 13.3. The molecule has 0 radical (unpaired) electrons. The van der Waals surface area contributed by atoms with Gasteiger partial charge in [0.15, 0.2) is 0 Å². The summed E-state index contributed by atoms with van der Waals surface area (Å²) >= 11 is 13.4. The van der Waals surface area contributed by atoms with Crippen LogP contribution in [0.5, 0.6) is 0 Å². The largest absolute Gasteiger partial charge is 0.403 e. The van der Waals surface area contributed by atoms with E-state index in [4.69, 9.17) is 27.6 Å². The first-order valence-corrected chi connectivity index (χ1v) is 8.79. The maximum Gasteiger partial charge on any atom is 0.322 e. The highest BCUT2D eigenvalue weighted by Crippen LogP contribution is 2.25. The van der Waals surface area contributed by atoms with Crippen LogP contribution in [0.4, 0.5) is 6.01 Å². The lowest BCUT2D eigenvalue weighted by Crippen LogP contribution is -2.12. The summed E-state index contributed by atoms with van der Waals surface area (Å²) in [5.41, 5.74) is 1.05. The van der Waals surface area contributed by atoms with Crippen molar-refractivity contribution in [1.29, 1.82) is 0 Å². The summed E-state index contributed by atoms with van der Waals surface area (Å²) < 4.78 is 5.49. The van der Waals surface area contributed by atoms with Crippen LogP contribution in [-0.2, 0) is 0 Å². The van der Waals surface area contributed by atoms with Crippen LogP contribution in [0.2, 0.25) is 10.0 Å². The number of halogens is 2. The molecule has 0 saturated carbocycles. The molecule has 0 aliphatic heterocycles. The highest BCUT2D eigenvalue weighted by Gasteiger charge is 2.15. The van der Waals surface area contributed by atoms with Crippen LogP contribution in [0.3, 0.4) is 0 Å². The summed E-state index contributed by atoms with van der Waals surface area (Å²) in [6.07, 6.45) is 1.98. The van der Waals surface area contributed by atoms with Crippen molar-refractivity contribution in [2.24, 2.45) is 0 Å². The summed E-state index contributed by atoms with van der Waals surface area (Å²) in [7, 11) is 0. The molecule has 1 aromatic heterocycles. The van der Waals surface area contributed by atoms with Crippen molar-refractivity contribution >= 4 is 46.9 Å². The predicted molar refractivity (Wildman–Crippen MR) is 95.9 cm³/mol. The maximum atomic E-state index is 12.2. The Kier molecular flexibility index (Phi) is 5.08. The third-order valence-corrected chi connectivity index (χ3v) is 4.41. The molecule has 122 valence electrons. The second-order valence-corrected chi connectivity index (χ2v) is 6.45. The number of nitrogens with one attached hydrogen (secondary N) is 1. The van der Waals surface area contributed by atoms with Crippen LogP contribution >= 0.6 is 35.0 Å². The van der Waals surface area contributed by atoms with Gasteiger partial charge in [-0.3, -0.25) is 10.1 Å². The maximum absolute atomic E-state index is 12.2. The van der Waals surface area contributed by atoms with Crippen LogP contribution in [-0.4, -0.2) is 22.4 Å². The molecule has 2 aromatic carbocycles. The first kappa shape index (κ1) is 16.8. The van der Waals surface area contributed by atoms with Crippen molar-refractivity contribution in [1.82, 2.24) is 10.2 Å². The topological polar surface area (TPSA) is 68.0 Å². The summed E-state index contributed by atoms with van der Waals surface area (Å²) in [5.74, 6) is -0.131. The van der Waals surface area contributed by atoms with E-state index in [0.29, 0.717) is 10.9 Å². The molecule has 0 aliphatic carbocycles. The Bertz CT molecular complexity index is 899. The number of aromatic nitrogens is 2. The monoisotopic (exact) mass is 379 g/mol. The van der Waals surface area contributed by atoms with Gasteiger partial charge in [0.1, 0.15) is 0 Å². The number of nitrogens with zero attached hydrogens (tertiary/aromatic N) is 2. The molecule has 1 amide bonds. The first-order chi connectivity index (χ1) is 11.6. The van der Waals surface area contributed by atoms with Crippen molar-refractivity contribution in [3.63, 3.8) is 0 Å². The van der Waals surface area contributed by atoms with Gasteiger partial charge in [-0.05, 0) is 42.7 Å².